The van der Waals surface area contributed by atoms with E-state index in [-0.39, 0.29) is 1.43 Å². The lowest BCUT2D eigenvalue weighted by atomic mass is 10.2. The van der Waals surface area contributed by atoms with Crippen LogP contribution in [0.3, 0.4) is 0 Å². The molecule has 0 amide bonds. The molecule has 0 saturated heterocycles. The van der Waals surface area contributed by atoms with Gasteiger partial charge in [0.2, 0.25) is 0 Å². The standard InChI is InChI=1S/C9H20N2.H2/c1-8(2)11(4)7-9(10-3)5-6-9;/h8,10H,5-7H2,1-4H3;1H. The minimum Gasteiger partial charge on any atom is -0.313 e. The smallest absolute Gasteiger partial charge is 0.0307 e. The lowest BCUT2D eigenvalue weighted by Crippen LogP contribution is -2.42. The van der Waals surface area contributed by atoms with E-state index in [0.29, 0.717) is 11.6 Å². The van der Waals surface area contributed by atoms with E-state index < -0.39 is 0 Å². The highest BCUT2D eigenvalue weighted by Crippen LogP contribution is 2.35. The predicted molar refractivity (Wildman–Crippen MR) is 50.9 cm³/mol. The van der Waals surface area contributed by atoms with E-state index in [1.807, 2.05) is 0 Å². The van der Waals surface area contributed by atoms with Crippen LogP contribution in [0, 0.1) is 0 Å². The molecule has 0 aromatic heterocycles. The fraction of sp³-hybridized carbons (Fsp3) is 1.00. The summed E-state index contributed by atoms with van der Waals surface area (Å²) in [5, 5.41) is 3.40. The van der Waals surface area contributed by atoms with E-state index >= 15 is 0 Å². The quantitative estimate of drug-likeness (QED) is 0.664. The highest BCUT2D eigenvalue weighted by atomic mass is 15.2. The van der Waals surface area contributed by atoms with Crippen molar-refractivity contribution >= 4 is 0 Å². The molecule has 0 atom stereocenters. The van der Waals surface area contributed by atoms with Crippen LogP contribution in [0.5, 0.6) is 0 Å². The summed E-state index contributed by atoms with van der Waals surface area (Å²) in [6.07, 6.45) is 2.70. The van der Waals surface area contributed by atoms with Crippen molar-refractivity contribution < 1.29 is 1.43 Å². The van der Waals surface area contributed by atoms with Crippen molar-refractivity contribution in [3.8, 4) is 0 Å². The van der Waals surface area contributed by atoms with E-state index in [9.17, 15) is 0 Å². The van der Waals surface area contributed by atoms with Crippen LogP contribution in [-0.2, 0) is 0 Å². The molecule has 0 bridgehead atoms. The van der Waals surface area contributed by atoms with Crippen LogP contribution >= 0.6 is 0 Å². The molecule has 0 aromatic carbocycles. The molecule has 1 aliphatic carbocycles. The SMILES string of the molecule is CNC1(CN(C)C(C)C)CC1.[HH]. The lowest BCUT2D eigenvalue weighted by molar-refractivity contribution is 0.237. The van der Waals surface area contributed by atoms with Gasteiger partial charge >= 0.3 is 0 Å². The van der Waals surface area contributed by atoms with E-state index in [2.05, 4.69) is 38.2 Å². The summed E-state index contributed by atoms with van der Waals surface area (Å²) < 4.78 is 0. The second-order valence-electron chi connectivity index (χ2n) is 4.04. The molecule has 1 rings (SSSR count). The maximum absolute atomic E-state index is 3.40. The van der Waals surface area contributed by atoms with Crippen LogP contribution in [0.2, 0.25) is 0 Å². The minimum absolute atomic E-state index is 0. The molecule has 1 fully saturated rings. The maximum Gasteiger partial charge on any atom is 0.0307 e. The minimum atomic E-state index is 0. The van der Waals surface area contributed by atoms with Crippen molar-refractivity contribution in [3.63, 3.8) is 0 Å². The zero-order valence-corrected chi connectivity index (χ0v) is 8.15. The van der Waals surface area contributed by atoms with E-state index in [0.717, 1.165) is 0 Å². The normalized spacial score (nSPS) is 21.3. The molecule has 0 heterocycles. The zero-order chi connectivity index (χ0) is 8.48. The third kappa shape index (κ3) is 2.17. The molecule has 0 aliphatic heterocycles. The highest BCUT2D eigenvalue weighted by molar-refractivity contribution is 5.03. The van der Waals surface area contributed by atoms with Crippen molar-refractivity contribution in [2.45, 2.75) is 38.3 Å². The second kappa shape index (κ2) is 3.11. The van der Waals surface area contributed by atoms with Crippen molar-refractivity contribution in [1.82, 2.24) is 10.2 Å². The Morgan fingerprint density at radius 3 is 2.36 bits per heavy atom. The average Bonchev–Trinajstić information content (AvgIpc) is 2.69. The Morgan fingerprint density at radius 1 is 1.55 bits per heavy atom. The summed E-state index contributed by atoms with van der Waals surface area (Å²) in [6, 6.07) is 0.667. The molecule has 1 N–H and O–H groups in total. The van der Waals surface area contributed by atoms with Gasteiger partial charge in [0.05, 0.1) is 0 Å². The molecule has 2 nitrogen and oxygen atoms in total. The van der Waals surface area contributed by atoms with Crippen LogP contribution in [0.1, 0.15) is 28.1 Å². The monoisotopic (exact) mass is 158 g/mol. The lowest BCUT2D eigenvalue weighted by Gasteiger charge is -2.26. The summed E-state index contributed by atoms with van der Waals surface area (Å²) in [6.45, 7) is 5.68. The molecule has 0 aromatic rings. The fourth-order valence-electron chi connectivity index (χ4n) is 1.30. The molecular formula is C9H22N2. The van der Waals surface area contributed by atoms with Crippen molar-refractivity contribution in [1.29, 1.82) is 0 Å². The van der Waals surface area contributed by atoms with Gasteiger partial charge in [-0.3, -0.25) is 0 Å². The predicted octanol–water partition coefficient (Wildman–Crippen LogP) is 1.32. The molecule has 2 heteroatoms. The molecule has 1 saturated carbocycles. The van der Waals surface area contributed by atoms with E-state index in [1.54, 1.807) is 0 Å². The largest absolute Gasteiger partial charge is 0.313 e. The number of hydrogen-bond donors (Lipinski definition) is 1. The Bertz CT molecular complexity index is 132. The van der Waals surface area contributed by atoms with Gasteiger partial charge in [0, 0.05) is 19.6 Å². The molecule has 0 radical (unpaired) electrons. The van der Waals surface area contributed by atoms with Gasteiger partial charge in [-0.2, -0.15) is 0 Å². The second-order valence-corrected chi connectivity index (χ2v) is 4.04. The molecular weight excluding hydrogens is 136 g/mol. The van der Waals surface area contributed by atoms with Crippen LogP contribution in [0.25, 0.3) is 0 Å². The Balaban J connectivity index is 0.00000121. The highest BCUT2D eigenvalue weighted by Gasteiger charge is 2.41. The third-order valence-electron chi connectivity index (χ3n) is 2.82. The first-order valence-electron chi connectivity index (χ1n) is 4.49. The number of hydrogen-bond acceptors (Lipinski definition) is 2. The first-order valence-corrected chi connectivity index (χ1v) is 4.49. The number of likely N-dealkylation sites (N-methyl/N-ethyl adjacent to an activating group) is 2. The van der Waals surface area contributed by atoms with E-state index in [1.165, 1.54) is 19.4 Å². The zero-order valence-electron chi connectivity index (χ0n) is 8.15. The van der Waals surface area contributed by atoms with Crippen molar-refractivity contribution in [2.75, 3.05) is 20.6 Å². The van der Waals surface area contributed by atoms with Gasteiger partial charge in [0.1, 0.15) is 0 Å². The Morgan fingerprint density at radius 2 is 2.09 bits per heavy atom. The summed E-state index contributed by atoms with van der Waals surface area (Å²) in [5.41, 5.74) is 0.471. The first kappa shape index (κ1) is 9.01. The molecule has 68 valence electrons. The van der Waals surface area contributed by atoms with Gasteiger partial charge < -0.3 is 10.2 Å². The fourth-order valence-corrected chi connectivity index (χ4v) is 1.30. The molecule has 0 spiro atoms. The van der Waals surface area contributed by atoms with Gasteiger partial charge in [-0.1, -0.05) is 0 Å². The summed E-state index contributed by atoms with van der Waals surface area (Å²) in [5.74, 6) is 0. The number of rotatable bonds is 4. The number of nitrogens with one attached hydrogen (secondary N) is 1. The van der Waals surface area contributed by atoms with Crippen LogP contribution in [0.15, 0.2) is 0 Å². The Hall–Kier alpha value is -0.0800. The molecule has 11 heavy (non-hydrogen) atoms. The van der Waals surface area contributed by atoms with Gasteiger partial charge in [0.15, 0.2) is 0 Å². The first-order chi connectivity index (χ1) is 5.09. The van der Waals surface area contributed by atoms with Crippen LogP contribution < -0.4 is 5.32 Å². The van der Waals surface area contributed by atoms with Gasteiger partial charge in [-0.15, -0.1) is 0 Å². The topological polar surface area (TPSA) is 15.3 Å². The van der Waals surface area contributed by atoms with Gasteiger partial charge in [-0.25, -0.2) is 0 Å². The van der Waals surface area contributed by atoms with Crippen molar-refractivity contribution in [2.24, 2.45) is 0 Å². The summed E-state index contributed by atoms with van der Waals surface area (Å²) in [7, 11) is 4.27. The van der Waals surface area contributed by atoms with Crippen molar-refractivity contribution in [3.05, 3.63) is 0 Å². The van der Waals surface area contributed by atoms with Crippen LogP contribution in [-0.4, -0.2) is 37.1 Å². The average molecular weight is 158 g/mol. The van der Waals surface area contributed by atoms with Crippen LogP contribution in [0.4, 0.5) is 0 Å². The summed E-state index contributed by atoms with van der Waals surface area (Å²) >= 11 is 0. The van der Waals surface area contributed by atoms with E-state index in [4.69, 9.17) is 0 Å². The molecule has 1 aliphatic rings. The summed E-state index contributed by atoms with van der Waals surface area (Å²) in [4.78, 5) is 2.41. The Kier molecular flexibility index (Phi) is 2.55. The number of nitrogens with zero attached hydrogens (tertiary/aromatic N) is 1. The Labute approximate surface area is 71.4 Å². The maximum atomic E-state index is 3.40. The van der Waals surface area contributed by atoms with Gasteiger partial charge in [-0.05, 0) is 40.8 Å². The van der Waals surface area contributed by atoms with Gasteiger partial charge in [0.25, 0.3) is 0 Å². The third-order valence-corrected chi connectivity index (χ3v) is 2.82. The molecule has 0 unspecified atom stereocenters.